The predicted molar refractivity (Wildman–Crippen MR) is 105 cm³/mol. The molecular weight excluding hydrogens is 372 g/mol. The van der Waals surface area contributed by atoms with Gasteiger partial charge < -0.3 is 19.0 Å². The largest absolute Gasteiger partial charge is 0.469 e. The molecule has 0 spiro atoms. The van der Waals surface area contributed by atoms with E-state index >= 15 is 0 Å². The number of nitrogens with zero attached hydrogens (tertiary/aromatic N) is 3. The van der Waals surface area contributed by atoms with Gasteiger partial charge in [-0.25, -0.2) is 0 Å². The summed E-state index contributed by atoms with van der Waals surface area (Å²) in [5.74, 6) is 1.40. The van der Waals surface area contributed by atoms with E-state index in [1.54, 1.807) is 6.26 Å². The molecule has 0 saturated carbocycles. The number of nitrogens with one attached hydrogen (secondary N) is 1. The minimum Gasteiger partial charge on any atom is -0.469 e. The Hall–Kier alpha value is -3.68. The van der Waals surface area contributed by atoms with Crippen LogP contribution >= 0.6 is 0 Å². The molecule has 4 rings (SSSR count). The normalized spacial score (nSPS) is 10.9. The number of amides is 1. The monoisotopic (exact) mass is 392 g/mol. The second kappa shape index (κ2) is 8.55. The SMILES string of the molecule is CCc1nc(OCC(=O)NCCc2ccco2)c2c(-c3ccccc3)noc2n1. The van der Waals surface area contributed by atoms with Crippen LogP contribution in [0.2, 0.25) is 0 Å². The summed E-state index contributed by atoms with van der Waals surface area (Å²) in [5.41, 5.74) is 1.77. The van der Waals surface area contributed by atoms with Crippen molar-refractivity contribution in [2.45, 2.75) is 19.8 Å². The average Bonchev–Trinajstić information content (AvgIpc) is 3.42. The lowest BCUT2D eigenvalue weighted by atomic mass is 10.1. The van der Waals surface area contributed by atoms with Gasteiger partial charge in [-0.05, 0) is 12.1 Å². The van der Waals surface area contributed by atoms with E-state index in [4.69, 9.17) is 13.7 Å². The molecule has 3 aromatic heterocycles. The summed E-state index contributed by atoms with van der Waals surface area (Å²) in [6, 6.07) is 13.2. The third kappa shape index (κ3) is 4.26. The van der Waals surface area contributed by atoms with Gasteiger partial charge in [-0.1, -0.05) is 42.4 Å². The van der Waals surface area contributed by atoms with Gasteiger partial charge in [0.2, 0.25) is 5.88 Å². The Labute approximate surface area is 166 Å². The molecule has 0 saturated heterocycles. The molecule has 8 nitrogen and oxygen atoms in total. The fourth-order valence-corrected chi connectivity index (χ4v) is 2.89. The first-order chi connectivity index (χ1) is 14.2. The molecule has 8 heteroatoms. The molecule has 0 atom stereocenters. The van der Waals surface area contributed by atoms with Gasteiger partial charge in [-0.3, -0.25) is 4.79 Å². The molecule has 0 unspecified atom stereocenters. The van der Waals surface area contributed by atoms with Crippen molar-refractivity contribution in [2.24, 2.45) is 0 Å². The van der Waals surface area contributed by atoms with Crippen molar-refractivity contribution in [2.75, 3.05) is 13.2 Å². The molecule has 1 N–H and O–H groups in total. The quantitative estimate of drug-likeness (QED) is 0.491. The lowest BCUT2D eigenvalue weighted by Gasteiger charge is -2.08. The Balaban J connectivity index is 1.51. The van der Waals surface area contributed by atoms with Crippen molar-refractivity contribution in [3.63, 3.8) is 0 Å². The van der Waals surface area contributed by atoms with Crippen LogP contribution in [0.3, 0.4) is 0 Å². The highest BCUT2D eigenvalue weighted by Crippen LogP contribution is 2.33. The van der Waals surface area contributed by atoms with Crippen LogP contribution < -0.4 is 10.1 Å². The molecule has 0 fully saturated rings. The van der Waals surface area contributed by atoms with Crippen molar-refractivity contribution in [3.05, 3.63) is 60.3 Å². The highest BCUT2D eigenvalue weighted by atomic mass is 16.5. The maximum absolute atomic E-state index is 12.2. The number of hydrogen-bond donors (Lipinski definition) is 1. The number of aromatic nitrogens is 3. The number of benzene rings is 1. The number of furan rings is 1. The topological polar surface area (TPSA) is 103 Å². The third-order valence-electron chi connectivity index (χ3n) is 4.33. The lowest BCUT2D eigenvalue weighted by Crippen LogP contribution is -2.30. The standard InChI is InChI=1S/C21H20N4O4/c1-2-16-23-20(28-13-17(26)22-11-10-15-9-6-12-27-15)18-19(25-29-21(18)24-16)14-7-4-3-5-8-14/h3-9,12H,2,10-11,13H2,1H3,(H,22,26). The van der Waals surface area contributed by atoms with Crippen LogP contribution in [0.1, 0.15) is 18.5 Å². The number of ether oxygens (including phenoxy) is 1. The van der Waals surface area contributed by atoms with Gasteiger partial charge in [0.1, 0.15) is 22.7 Å². The van der Waals surface area contributed by atoms with Gasteiger partial charge in [0.05, 0.1) is 6.26 Å². The van der Waals surface area contributed by atoms with E-state index in [2.05, 4.69) is 20.4 Å². The lowest BCUT2D eigenvalue weighted by molar-refractivity contribution is -0.123. The smallest absolute Gasteiger partial charge is 0.265 e. The number of aryl methyl sites for hydroxylation is 1. The van der Waals surface area contributed by atoms with Gasteiger partial charge in [0.25, 0.3) is 11.6 Å². The maximum atomic E-state index is 12.2. The molecule has 4 aromatic rings. The minimum atomic E-state index is -0.251. The van der Waals surface area contributed by atoms with Crippen molar-refractivity contribution in [1.29, 1.82) is 0 Å². The van der Waals surface area contributed by atoms with Crippen molar-refractivity contribution < 1.29 is 18.5 Å². The van der Waals surface area contributed by atoms with Crippen LogP contribution in [0.5, 0.6) is 5.88 Å². The molecule has 0 aliphatic rings. The molecule has 0 radical (unpaired) electrons. The Kier molecular flexibility index (Phi) is 5.51. The molecule has 0 aliphatic carbocycles. The number of hydrogen-bond acceptors (Lipinski definition) is 7. The highest BCUT2D eigenvalue weighted by molar-refractivity contribution is 5.93. The van der Waals surface area contributed by atoms with Gasteiger partial charge in [-0.15, -0.1) is 0 Å². The van der Waals surface area contributed by atoms with Crippen molar-refractivity contribution in [3.8, 4) is 17.1 Å². The van der Waals surface area contributed by atoms with E-state index in [1.165, 1.54) is 0 Å². The second-order valence-corrected chi connectivity index (χ2v) is 6.34. The van der Waals surface area contributed by atoms with Gasteiger partial charge >= 0.3 is 0 Å². The van der Waals surface area contributed by atoms with Crippen LogP contribution in [0.4, 0.5) is 0 Å². The van der Waals surface area contributed by atoms with Crippen LogP contribution in [0.15, 0.2) is 57.7 Å². The third-order valence-corrected chi connectivity index (χ3v) is 4.33. The highest BCUT2D eigenvalue weighted by Gasteiger charge is 2.20. The Bertz CT molecular complexity index is 1090. The van der Waals surface area contributed by atoms with Crippen molar-refractivity contribution >= 4 is 17.0 Å². The Morgan fingerprint density at radius 3 is 2.76 bits per heavy atom. The number of carbonyl (C=O) groups is 1. The summed E-state index contributed by atoms with van der Waals surface area (Å²) in [4.78, 5) is 21.0. The first-order valence-electron chi connectivity index (χ1n) is 9.38. The summed E-state index contributed by atoms with van der Waals surface area (Å²) in [6.07, 6.45) is 2.82. The maximum Gasteiger partial charge on any atom is 0.265 e. The molecule has 0 bridgehead atoms. The molecule has 1 amide bonds. The van der Waals surface area contributed by atoms with Crippen LogP contribution in [-0.4, -0.2) is 34.2 Å². The molecule has 3 heterocycles. The van der Waals surface area contributed by atoms with E-state index in [-0.39, 0.29) is 18.4 Å². The van der Waals surface area contributed by atoms with E-state index in [1.807, 2.05) is 49.4 Å². The van der Waals surface area contributed by atoms with Crippen LogP contribution in [0, 0.1) is 0 Å². The molecule has 0 aliphatic heterocycles. The van der Waals surface area contributed by atoms with Gasteiger partial charge in [0.15, 0.2) is 6.61 Å². The van der Waals surface area contributed by atoms with E-state index in [0.29, 0.717) is 42.0 Å². The fourth-order valence-electron chi connectivity index (χ4n) is 2.89. The van der Waals surface area contributed by atoms with E-state index in [9.17, 15) is 4.79 Å². The number of rotatable bonds is 8. The molecule has 148 valence electrons. The first-order valence-corrected chi connectivity index (χ1v) is 9.38. The summed E-state index contributed by atoms with van der Waals surface area (Å²) in [7, 11) is 0. The zero-order chi connectivity index (χ0) is 20.1. The zero-order valence-electron chi connectivity index (χ0n) is 15.9. The molecular formula is C21H20N4O4. The van der Waals surface area contributed by atoms with Crippen LogP contribution in [0.25, 0.3) is 22.4 Å². The Morgan fingerprint density at radius 1 is 1.14 bits per heavy atom. The summed E-state index contributed by atoms with van der Waals surface area (Å²) < 4.78 is 16.4. The number of fused-ring (bicyclic) bond motifs is 1. The summed E-state index contributed by atoms with van der Waals surface area (Å²) in [6.45, 7) is 2.21. The fraction of sp³-hybridized carbons (Fsp3) is 0.238. The first kappa shape index (κ1) is 18.7. The van der Waals surface area contributed by atoms with Crippen molar-refractivity contribution in [1.82, 2.24) is 20.4 Å². The molecule has 1 aromatic carbocycles. The van der Waals surface area contributed by atoms with Gasteiger partial charge in [0, 0.05) is 24.9 Å². The summed E-state index contributed by atoms with van der Waals surface area (Å²) >= 11 is 0. The Morgan fingerprint density at radius 2 is 2.00 bits per heavy atom. The predicted octanol–water partition coefficient (Wildman–Crippen LogP) is 3.18. The average molecular weight is 392 g/mol. The number of carbonyl (C=O) groups excluding carboxylic acids is 1. The zero-order valence-corrected chi connectivity index (χ0v) is 15.9. The minimum absolute atomic E-state index is 0.174. The van der Waals surface area contributed by atoms with Crippen LogP contribution in [-0.2, 0) is 17.6 Å². The van der Waals surface area contributed by atoms with Gasteiger partial charge in [-0.2, -0.15) is 9.97 Å². The summed E-state index contributed by atoms with van der Waals surface area (Å²) in [5, 5.41) is 7.49. The van der Waals surface area contributed by atoms with E-state index < -0.39 is 0 Å². The van der Waals surface area contributed by atoms with E-state index in [0.717, 1.165) is 11.3 Å². The molecule has 29 heavy (non-hydrogen) atoms. The second-order valence-electron chi connectivity index (χ2n) is 6.34.